The van der Waals surface area contributed by atoms with Crippen LogP contribution in [0.15, 0.2) is 0 Å². The summed E-state index contributed by atoms with van der Waals surface area (Å²) in [7, 11) is 0. The second-order valence-corrected chi connectivity index (χ2v) is 3.32. The van der Waals surface area contributed by atoms with Gasteiger partial charge in [-0.15, -0.1) is 0 Å². The van der Waals surface area contributed by atoms with Crippen molar-refractivity contribution >= 4 is 0 Å². The zero-order valence-corrected chi connectivity index (χ0v) is 7.64. The number of hydrogen-bond acceptors (Lipinski definition) is 1. The lowest BCUT2D eigenvalue weighted by Gasteiger charge is -2.16. The van der Waals surface area contributed by atoms with Crippen LogP contribution >= 0.6 is 0 Å². The lowest BCUT2D eigenvalue weighted by molar-refractivity contribution is 0.390. The zero-order chi connectivity index (χ0) is 8.10. The van der Waals surface area contributed by atoms with Gasteiger partial charge in [0.15, 0.2) is 0 Å². The largest absolute Gasteiger partial charge is 0.301 e. The van der Waals surface area contributed by atoms with E-state index in [1.807, 2.05) is 0 Å². The average molecular weight is 155 g/mol. The molecule has 11 heavy (non-hydrogen) atoms. The molecule has 65 valence electrons. The Morgan fingerprint density at radius 2 is 2.09 bits per heavy atom. The van der Waals surface area contributed by atoms with E-state index in [2.05, 4.69) is 24.5 Å². The summed E-state index contributed by atoms with van der Waals surface area (Å²) in [6.07, 6.45) is 5.76. The Bertz CT molecular complexity index is 97.7. The second kappa shape index (κ2) is 4.73. The summed E-state index contributed by atoms with van der Waals surface area (Å²) < 4.78 is 0. The molecule has 0 aromatic carbocycles. The van der Waals surface area contributed by atoms with Crippen molar-refractivity contribution in [2.75, 3.05) is 6.54 Å². The van der Waals surface area contributed by atoms with Crippen LogP contribution in [0.3, 0.4) is 0 Å². The highest BCUT2D eigenvalue weighted by Gasteiger charge is 2.17. The van der Waals surface area contributed by atoms with Gasteiger partial charge in [0, 0.05) is 6.04 Å². The molecule has 0 aromatic rings. The molecule has 1 fully saturated rings. The molecule has 1 aliphatic carbocycles. The van der Waals surface area contributed by atoms with Gasteiger partial charge in [-0.3, -0.25) is 0 Å². The number of nitrogens with zero attached hydrogens (tertiary/aromatic N) is 1. The van der Waals surface area contributed by atoms with Gasteiger partial charge < -0.3 is 5.32 Å². The van der Waals surface area contributed by atoms with Crippen LogP contribution in [-0.2, 0) is 0 Å². The SMILES string of the molecule is CCNC(C)[N]C1CCCC1. The standard InChI is InChI=1S/C9H19N2/c1-3-10-8(2)11-9-6-4-5-7-9/h8-10H,3-7H2,1-2H3. The predicted octanol–water partition coefficient (Wildman–Crippen LogP) is 1.49. The summed E-state index contributed by atoms with van der Waals surface area (Å²) in [6.45, 7) is 5.29. The summed E-state index contributed by atoms with van der Waals surface area (Å²) in [4.78, 5) is 0. The van der Waals surface area contributed by atoms with Crippen molar-refractivity contribution in [3.05, 3.63) is 0 Å². The van der Waals surface area contributed by atoms with E-state index in [1.165, 1.54) is 25.7 Å². The monoisotopic (exact) mass is 155 g/mol. The third kappa shape index (κ3) is 3.21. The highest BCUT2D eigenvalue weighted by Crippen LogP contribution is 2.18. The molecular weight excluding hydrogens is 136 g/mol. The van der Waals surface area contributed by atoms with Crippen LogP contribution in [0.1, 0.15) is 39.5 Å². The molecule has 2 nitrogen and oxygen atoms in total. The first-order valence-corrected chi connectivity index (χ1v) is 4.76. The number of hydrogen-bond donors (Lipinski definition) is 1. The molecule has 0 aromatic heterocycles. The van der Waals surface area contributed by atoms with Gasteiger partial charge in [-0.1, -0.05) is 19.8 Å². The van der Waals surface area contributed by atoms with Crippen LogP contribution < -0.4 is 10.6 Å². The molecule has 1 N–H and O–H groups in total. The van der Waals surface area contributed by atoms with Gasteiger partial charge in [-0.05, 0) is 26.3 Å². The lowest BCUT2D eigenvalue weighted by atomic mass is 10.2. The van der Waals surface area contributed by atoms with Crippen LogP contribution in [0.2, 0.25) is 0 Å². The molecule has 0 spiro atoms. The predicted molar refractivity (Wildman–Crippen MR) is 47.5 cm³/mol. The molecule has 1 rings (SSSR count). The van der Waals surface area contributed by atoms with Gasteiger partial charge in [0.05, 0.1) is 6.17 Å². The molecule has 2 heteroatoms. The molecule has 1 saturated carbocycles. The van der Waals surface area contributed by atoms with Crippen LogP contribution in [0, 0.1) is 0 Å². The van der Waals surface area contributed by atoms with Gasteiger partial charge in [0.2, 0.25) is 0 Å². The molecule has 0 saturated heterocycles. The maximum Gasteiger partial charge on any atom is 0.0710 e. The fourth-order valence-corrected chi connectivity index (χ4v) is 1.72. The van der Waals surface area contributed by atoms with E-state index in [9.17, 15) is 0 Å². The van der Waals surface area contributed by atoms with E-state index < -0.39 is 0 Å². The van der Waals surface area contributed by atoms with Gasteiger partial charge in [0.1, 0.15) is 0 Å². The van der Waals surface area contributed by atoms with Crippen molar-refractivity contribution in [2.45, 2.75) is 51.7 Å². The Labute approximate surface area is 69.8 Å². The quantitative estimate of drug-likeness (QED) is 0.654. The Kier molecular flexibility index (Phi) is 3.87. The summed E-state index contributed by atoms with van der Waals surface area (Å²) >= 11 is 0. The van der Waals surface area contributed by atoms with Gasteiger partial charge in [-0.25, -0.2) is 5.32 Å². The number of nitrogens with one attached hydrogen (secondary N) is 1. The van der Waals surface area contributed by atoms with Crippen LogP contribution in [0.5, 0.6) is 0 Å². The van der Waals surface area contributed by atoms with Crippen molar-refractivity contribution in [3.63, 3.8) is 0 Å². The molecule has 1 unspecified atom stereocenters. The lowest BCUT2D eigenvalue weighted by Crippen LogP contribution is -2.38. The van der Waals surface area contributed by atoms with Gasteiger partial charge in [-0.2, -0.15) is 0 Å². The minimum Gasteiger partial charge on any atom is -0.301 e. The Morgan fingerprint density at radius 1 is 1.45 bits per heavy atom. The van der Waals surface area contributed by atoms with Crippen LogP contribution in [0.4, 0.5) is 0 Å². The van der Waals surface area contributed by atoms with E-state index >= 15 is 0 Å². The minimum absolute atomic E-state index is 0.364. The van der Waals surface area contributed by atoms with E-state index in [-0.39, 0.29) is 0 Å². The first-order chi connectivity index (χ1) is 5.33. The third-order valence-electron chi connectivity index (χ3n) is 2.26. The molecule has 0 aliphatic heterocycles. The zero-order valence-electron chi connectivity index (χ0n) is 7.64. The maximum atomic E-state index is 4.65. The van der Waals surface area contributed by atoms with E-state index in [4.69, 9.17) is 0 Å². The molecule has 0 bridgehead atoms. The summed E-state index contributed by atoms with van der Waals surface area (Å²) in [5, 5.41) is 7.96. The third-order valence-corrected chi connectivity index (χ3v) is 2.26. The van der Waals surface area contributed by atoms with Gasteiger partial charge >= 0.3 is 0 Å². The normalized spacial score (nSPS) is 22.4. The molecule has 1 atom stereocenters. The molecule has 1 radical (unpaired) electrons. The fourth-order valence-electron chi connectivity index (χ4n) is 1.72. The van der Waals surface area contributed by atoms with Crippen molar-refractivity contribution in [1.82, 2.24) is 10.6 Å². The number of rotatable bonds is 4. The summed E-state index contributed by atoms with van der Waals surface area (Å²) in [5.74, 6) is 0. The smallest absolute Gasteiger partial charge is 0.0710 e. The molecular formula is C9H19N2. The summed E-state index contributed by atoms with van der Waals surface area (Å²) in [6, 6.07) is 0.657. The van der Waals surface area contributed by atoms with E-state index in [0.29, 0.717) is 12.2 Å². The average Bonchev–Trinajstić information content (AvgIpc) is 2.40. The minimum atomic E-state index is 0.364. The highest BCUT2D eigenvalue weighted by atomic mass is 15.1. The van der Waals surface area contributed by atoms with Crippen molar-refractivity contribution < 1.29 is 0 Å². The Hall–Kier alpha value is -0.0800. The van der Waals surface area contributed by atoms with Crippen LogP contribution in [-0.4, -0.2) is 18.8 Å². The Balaban J connectivity index is 2.08. The van der Waals surface area contributed by atoms with Crippen molar-refractivity contribution in [2.24, 2.45) is 0 Å². The first-order valence-electron chi connectivity index (χ1n) is 4.76. The van der Waals surface area contributed by atoms with Crippen molar-refractivity contribution in [3.8, 4) is 0 Å². The van der Waals surface area contributed by atoms with E-state index in [1.54, 1.807) is 0 Å². The topological polar surface area (TPSA) is 26.1 Å². The summed E-state index contributed by atoms with van der Waals surface area (Å²) in [5.41, 5.74) is 0. The van der Waals surface area contributed by atoms with Gasteiger partial charge in [0.25, 0.3) is 0 Å². The second-order valence-electron chi connectivity index (χ2n) is 3.32. The van der Waals surface area contributed by atoms with Crippen LogP contribution in [0.25, 0.3) is 0 Å². The molecule has 1 aliphatic rings. The van der Waals surface area contributed by atoms with Crippen molar-refractivity contribution in [1.29, 1.82) is 0 Å². The van der Waals surface area contributed by atoms with E-state index in [0.717, 1.165) is 6.54 Å². The first kappa shape index (κ1) is 9.01. The maximum absolute atomic E-state index is 4.65. The Morgan fingerprint density at radius 3 is 2.64 bits per heavy atom. The molecule has 0 heterocycles. The fraction of sp³-hybridized carbons (Fsp3) is 1.00. The highest BCUT2D eigenvalue weighted by molar-refractivity contribution is 4.75. The molecule has 0 amide bonds.